The highest BCUT2D eigenvalue weighted by molar-refractivity contribution is 7.89. The molecule has 2 aromatic carbocycles. The molecule has 2 aromatic heterocycles. The van der Waals surface area contributed by atoms with Crippen LogP contribution in [0.4, 0.5) is 0 Å². The smallest absolute Gasteiger partial charge is 0.335 e. The van der Waals surface area contributed by atoms with E-state index >= 15 is 0 Å². The third kappa shape index (κ3) is 4.07. The van der Waals surface area contributed by atoms with E-state index in [-0.39, 0.29) is 10.6 Å². The number of aromatic nitrogens is 4. The molecule has 0 saturated heterocycles. The van der Waals surface area contributed by atoms with E-state index in [4.69, 9.17) is 4.74 Å². The van der Waals surface area contributed by atoms with Crippen molar-refractivity contribution in [2.24, 2.45) is 0 Å². The predicted octanol–water partition coefficient (Wildman–Crippen LogP) is 2.84. The highest BCUT2D eigenvalue weighted by atomic mass is 32.2. The molecule has 0 amide bonds. The van der Waals surface area contributed by atoms with E-state index in [1.54, 1.807) is 24.7 Å². The maximum absolute atomic E-state index is 13.5. The van der Waals surface area contributed by atoms with Crippen molar-refractivity contribution in [1.82, 2.24) is 24.1 Å². The zero-order valence-corrected chi connectivity index (χ0v) is 20.0. The van der Waals surface area contributed by atoms with Gasteiger partial charge >= 0.3 is 5.69 Å². The van der Waals surface area contributed by atoms with Gasteiger partial charge in [-0.3, -0.25) is 4.57 Å². The molecule has 1 aliphatic rings. The monoisotopic (exact) mass is 485 g/mol. The number of nitrogens with zero attached hydrogens (tertiary/aromatic N) is 4. The first-order valence-corrected chi connectivity index (χ1v) is 12.7. The number of sulfonamides is 1. The van der Waals surface area contributed by atoms with Crippen molar-refractivity contribution in [3.05, 3.63) is 63.5 Å². The Labute approximate surface area is 194 Å². The summed E-state index contributed by atoms with van der Waals surface area (Å²) < 4.78 is 37.0. The van der Waals surface area contributed by atoms with Crippen LogP contribution >= 0.6 is 11.3 Å². The summed E-state index contributed by atoms with van der Waals surface area (Å²) in [6.07, 6.45) is 1.61. The van der Waals surface area contributed by atoms with Crippen LogP contribution in [0.3, 0.4) is 0 Å². The standard InChI is InChI=1S/C22H23N5O4S2/c1-14-23-24-20(32-14)27-19-12-17(33(29,30)25-22(2)10-11-22)8-9-18(19)26(21(27)28)13-15-4-6-16(31-3)7-5-15/h4-9,12,25H,10-11,13H2,1-3H3. The third-order valence-electron chi connectivity index (χ3n) is 5.80. The Balaban J connectivity index is 1.66. The van der Waals surface area contributed by atoms with E-state index in [9.17, 15) is 13.2 Å². The molecule has 0 spiro atoms. The van der Waals surface area contributed by atoms with Gasteiger partial charge in [0.1, 0.15) is 10.8 Å². The molecule has 1 fully saturated rings. The van der Waals surface area contributed by atoms with E-state index in [2.05, 4.69) is 14.9 Å². The van der Waals surface area contributed by atoms with Crippen molar-refractivity contribution in [3.8, 4) is 10.9 Å². The van der Waals surface area contributed by atoms with Gasteiger partial charge in [-0.2, -0.15) is 0 Å². The fourth-order valence-corrected chi connectivity index (χ4v) is 5.89. The third-order valence-corrected chi connectivity index (χ3v) is 8.26. The fourth-order valence-electron chi connectivity index (χ4n) is 3.71. The van der Waals surface area contributed by atoms with E-state index in [0.29, 0.717) is 27.7 Å². The Kier molecular flexibility index (Phi) is 5.15. The number of fused-ring (bicyclic) bond motifs is 1. The number of methoxy groups -OCH3 is 1. The first-order valence-electron chi connectivity index (χ1n) is 10.4. The van der Waals surface area contributed by atoms with Gasteiger partial charge in [-0.25, -0.2) is 22.5 Å². The number of hydrogen-bond acceptors (Lipinski definition) is 7. The molecule has 33 heavy (non-hydrogen) atoms. The Hall–Kier alpha value is -3.02. The predicted molar refractivity (Wildman–Crippen MR) is 126 cm³/mol. The van der Waals surface area contributed by atoms with Crippen molar-refractivity contribution < 1.29 is 13.2 Å². The average Bonchev–Trinajstić information content (AvgIpc) is 3.23. The number of imidazole rings is 1. The highest BCUT2D eigenvalue weighted by Gasteiger charge is 2.41. The Morgan fingerprint density at radius 1 is 1.12 bits per heavy atom. The van der Waals surface area contributed by atoms with Gasteiger partial charge in [0, 0.05) is 5.54 Å². The lowest BCUT2D eigenvalue weighted by atomic mass is 10.2. The molecule has 2 heterocycles. The summed E-state index contributed by atoms with van der Waals surface area (Å²) in [4.78, 5) is 13.6. The molecule has 1 aliphatic carbocycles. The Bertz CT molecular complexity index is 1510. The number of ether oxygens (including phenoxy) is 1. The molecule has 9 nitrogen and oxygen atoms in total. The molecule has 11 heteroatoms. The van der Waals surface area contributed by atoms with Crippen molar-refractivity contribution in [2.45, 2.75) is 43.7 Å². The Morgan fingerprint density at radius 2 is 1.85 bits per heavy atom. The first kappa shape index (κ1) is 21.8. The highest BCUT2D eigenvalue weighted by Crippen LogP contribution is 2.36. The van der Waals surface area contributed by atoms with Crippen LogP contribution in [0.1, 0.15) is 30.3 Å². The lowest BCUT2D eigenvalue weighted by Gasteiger charge is -2.12. The summed E-state index contributed by atoms with van der Waals surface area (Å²) in [6, 6.07) is 12.2. The van der Waals surface area contributed by atoms with Gasteiger partial charge in [-0.05, 0) is 62.6 Å². The molecular formula is C22H23N5O4S2. The summed E-state index contributed by atoms with van der Waals surface area (Å²) in [5.74, 6) is 0.726. The normalized spacial score (nSPS) is 15.1. The van der Waals surface area contributed by atoms with Crippen LogP contribution in [0.5, 0.6) is 5.75 Å². The summed E-state index contributed by atoms with van der Waals surface area (Å²) in [7, 11) is -2.13. The van der Waals surface area contributed by atoms with Crippen LogP contribution in [0.15, 0.2) is 52.2 Å². The molecule has 1 saturated carbocycles. The second-order valence-electron chi connectivity index (χ2n) is 8.47. The van der Waals surface area contributed by atoms with Crippen molar-refractivity contribution >= 4 is 32.4 Å². The van der Waals surface area contributed by atoms with Gasteiger partial charge < -0.3 is 4.74 Å². The molecular weight excluding hydrogens is 462 g/mol. The molecule has 5 rings (SSSR count). The lowest BCUT2D eigenvalue weighted by molar-refractivity contribution is 0.414. The van der Waals surface area contributed by atoms with Crippen LogP contribution in [0.2, 0.25) is 0 Å². The maximum atomic E-state index is 13.5. The first-order chi connectivity index (χ1) is 15.7. The lowest BCUT2D eigenvalue weighted by Crippen LogP contribution is -2.34. The minimum Gasteiger partial charge on any atom is -0.497 e. The second-order valence-corrected chi connectivity index (χ2v) is 11.3. The van der Waals surface area contributed by atoms with Gasteiger partial charge in [0.2, 0.25) is 15.2 Å². The summed E-state index contributed by atoms with van der Waals surface area (Å²) in [5.41, 5.74) is 1.28. The van der Waals surface area contributed by atoms with Gasteiger partial charge in [0.15, 0.2) is 0 Å². The number of nitrogens with one attached hydrogen (secondary N) is 1. The van der Waals surface area contributed by atoms with Gasteiger partial charge in [-0.1, -0.05) is 23.5 Å². The van der Waals surface area contributed by atoms with Crippen LogP contribution in [0.25, 0.3) is 16.2 Å². The molecule has 1 N–H and O–H groups in total. The fraction of sp³-hybridized carbons (Fsp3) is 0.318. The molecule has 4 aromatic rings. The van der Waals surface area contributed by atoms with Crippen molar-refractivity contribution in [1.29, 1.82) is 0 Å². The molecule has 0 atom stereocenters. The van der Waals surface area contributed by atoms with Gasteiger partial charge in [-0.15, -0.1) is 10.2 Å². The number of rotatable bonds is 7. The maximum Gasteiger partial charge on any atom is 0.335 e. The van der Waals surface area contributed by atoms with E-state index in [1.165, 1.54) is 28.0 Å². The van der Waals surface area contributed by atoms with Crippen LogP contribution in [-0.2, 0) is 16.6 Å². The van der Waals surface area contributed by atoms with E-state index in [0.717, 1.165) is 24.2 Å². The van der Waals surface area contributed by atoms with Crippen LogP contribution < -0.4 is 15.1 Å². The topological polar surface area (TPSA) is 108 Å². The second kappa shape index (κ2) is 7.79. The van der Waals surface area contributed by atoms with Crippen molar-refractivity contribution in [3.63, 3.8) is 0 Å². The zero-order valence-electron chi connectivity index (χ0n) is 18.4. The average molecular weight is 486 g/mol. The summed E-state index contributed by atoms with van der Waals surface area (Å²) in [5, 5.41) is 9.28. The minimum absolute atomic E-state index is 0.111. The summed E-state index contributed by atoms with van der Waals surface area (Å²) >= 11 is 1.27. The molecule has 0 unspecified atom stereocenters. The molecule has 0 radical (unpaired) electrons. The number of hydrogen-bond donors (Lipinski definition) is 1. The van der Waals surface area contributed by atoms with E-state index < -0.39 is 15.6 Å². The minimum atomic E-state index is -3.73. The number of benzene rings is 2. The quantitative estimate of drug-likeness (QED) is 0.431. The summed E-state index contributed by atoms with van der Waals surface area (Å²) in [6.45, 7) is 4.00. The molecule has 0 aliphatic heterocycles. The Morgan fingerprint density at radius 3 is 2.45 bits per heavy atom. The van der Waals surface area contributed by atoms with E-state index in [1.807, 2.05) is 31.2 Å². The largest absolute Gasteiger partial charge is 0.497 e. The van der Waals surface area contributed by atoms with Crippen molar-refractivity contribution in [2.75, 3.05) is 7.11 Å². The van der Waals surface area contributed by atoms with Gasteiger partial charge in [0.05, 0.1) is 29.6 Å². The van der Waals surface area contributed by atoms with Crippen LogP contribution in [0, 0.1) is 6.92 Å². The molecule has 172 valence electrons. The number of aryl methyl sites for hydroxylation is 1. The van der Waals surface area contributed by atoms with Crippen LogP contribution in [-0.4, -0.2) is 40.4 Å². The zero-order chi connectivity index (χ0) is 23.4. The molecule has 0 bridgehead atoms. The SMILES string of the molecule is COc1ccc(Cn2c(=O)n(-c3nnc(C)s3)c3cc(S(=O)(=O)NC4(C)CC4)ccc32)cc1. The van der Waals surface area contributed by atoms with Gasteiger partial charge in [0.25, 0.3) is 0 Å².